The molecule has 2 heterocycles. The van der Waals surface area contributed by atoms with Gasteiger partial charge in [0.2, 0.25) is 5.91 Å². The first-order chi connectivity index (χ1) is 8.44. The highest BCUT2D eigenvalue weighted by Gasteiger charge is 2.39. The van der Waals surface area contributed by atoms with E-state index in [0.717, 1.165) is 0 Å². The maximum Gasteiger partial charge on any atom is 0.339 e. The number of carboxylic acid groups (broad SMARTS) is 1. The molecule has 1 amide bonds. The predicted molar refractivity (Wildman–Crippen MR) is 65.6 cm³/mol. The zero-order valence-corrected chi connectivity index (χ0v) is 10.3. The van der Waals surface area contributed by atoms with E-state index in [4.69, 9.17) is 5.11 Å². The summed E-state index contributed by atoms with van der Waals surface area (Å²) in [5.74, 6) is -1.15. The quantitative estimate of drug-likeness (QED) is 0.797. The van der Waals surface area contributed by atoms with Crippen LogP contribution in [-0.4, -0.2) is 40.6 Å². The number of nitrogens with one attached hydrogen (secondary N) is 1. The molecule has 0 aromatic carbocycles. The van der Waals surface area contributed by atoms with Crippen molar-refractivity contribution < 1.29 is 14.7 Å². The minimum atomic E-state index is -1.04. The summed E-state index contributed by atoms with van der Waals surface area (Å²) in [6, 6.07) is 1.63. The number of carbonyl (C=O) groups is 2. The maximum absolute atomic E-state index is 11.9. The van der Waals surface area contributed by atoms with Crippen LogP contribution in [0.5, 0.6) is 0 Å². The molecule has 1 fully saturated rings. The molecule has 1 aromatic rings. The van der Waals surface area contributed by atoms with E-state index in [9.17, 15) is 9.59 Å². The minimum absolute atomic E-state index is 0.109. The van der Waals surface area contributed by atoms with Gasteiger partial charge in [0.1, 0.15) is 11.1 Å². The molecule has 6 nitrogen and oxygen atoms in total. The molecule has 0 spiro atoms. The van der Waals surface area contributed by atoms with Crippen LogP contribution in [0.25, 0.3) is 0 Å². The predicted octanol–water partition coefficient (Wildman–Crippen LogP) is 0.495. The fourth-order valence-electron chi connectivity index (χ4n) is 2.11. The monoisotopic (exact) mass is 249 g/mol. The van der Waals surface area contributed by atoms with Gasteiger partial charge < -0.3 is 15.3 Å². The lowest BCUT2D eigenvalue weighted by Gasteiger charge is -2.43. The van der Waals surface area contributed by atoms with Crippen molar-refractivity contribution in [3.63, 3.8) is 0 Å². The molecule has 1 aliphatic heterocycles. The van der Waals surface area contributed by atoms with Crippen LogP contribution in [0.3, 0.4) is 0 Å². The summed E-state index contributed by atoms with van der Waals surface area (Å²) in [6.45, 7) is 4.62. The number of aromatic nitrogens is 1. The zero-order valence-electron chi connectivity index (χ0n) is 10.3. The first kappa shape index (κ1) is 12.3. The van der Waals surface area contributed by atoms with Crippen LogP contribution in [-0.2, 0) is 4.79 Å². The third kappa shape index (κ3) is 1.90. The van der Waals surface area contributed by atoms with E-state index in [1.165, 1.54) is 12.4 Å². The number of hydrogen-bond acceptors (Lipinski definition) is 4. The van der Waals surface area contributed by atoms with E-state index in [1.54, 1.807) is 24.8 Å². The second-order valence-electron chi connectivity index (χ2n) is 4.66. The molecule has 18 heavy (non-hydrogen) atoms. The topological polar surface area (TPSA) is 82.5 Å². The van der Waals surface area contributed by atoms with Crippen molar-refractivity contribution in [2.24, 2.45) is 0 Å². The second kappa shape index (κ2) is 4.29. The standard InChI is InChI=1S/C12H15N3O3/c1-12(2)11(18)14-5-6-15(12)9-3-4-13-7-8(9)10(16)17/h3-4,7H,5-6H2,1-2H3,(H,14,18)(H,16,17). The summed E-state index contributed by atoms with van der Waals surface area (Å²) in [7, 11) is 0. The fraction of sp³-hybridized carbons (Fsp3) is 0.417. The van der Waals surface area contributed by atoms with Crippen LogP contribution in [0.4, 0.5) is 5.69 Å². The summed E-state index contributed by atoms with van der Waals surface area (Å²) in [5, 5.41) is 11.9. The Balaban J connectivity index is 2.48. The Kier molecular flexibility index (Phi) is 2.94. The molecule has 2 N–H and O–H groups in total. The average Bonchev–Trinajstić information content (AvgIpc) is 2.32. The molecule has 0 unspecified atom stereocenters. The van der Waals surface area contributed by atoms with Crippen molar-refractivity contribution in [1.29, 1.82) is 0 Å². The van der Waals surface area contributed by atoms with Crippen LogP contribution in [0, 0.1) is 0 Å². The van der Waals surface area contributed by atoms with Gasteiger partial charge in [-0.2, -0.15) is 0 Å². The van der Waals surface area contributed by atoms with Crippen molar-refractivity contribution in [2.45, 2.75) is 19.4 Å². The van der Waals surface area contributed by atoms with Gasteiger partial charge in [0.15, 0.2) is 0 Å². The molecule has 0 atom stereocenters. The highest BCUT2D eigenvalue weighted by atomic mass is 16.4. The van der Waals surface area contributed by atoms with Crippen LogP contribution in [0.2, 0.25) is 0 Å². The minimum Gasteiger partial charge on any atom is -0.478 e. The molecule has 1 aliphatic rings. The van der Waals surface area contributed by atoms with E-state index in [0.29, 0.717) is 18.8 Å². The molecule has 0 bridgehead atoms. The van der Waals surface area contributed by atoms with E-state index in [1.807, 2.05) is 0 Å². The number of carboxylic acids is 1. The summed E-state index contributed by atoms with van der Waals surface area (Å²) in [6.07, 6.45) is 2.84. The summed E-state index contributed by atoms with van der Waals surface area (Å²) < 4.78 is 0. The smallest absolute Gasteiger partial charge is 0.339 e. The maximum atomic E-state index is 11.9. The molecule has 0 radical (unpaired) electrons. The van der Waals surface area contributed by atoms with Crippen molar-refractivity contribution in [3.8, 4) is 0 Å². The molecule has 0 aliphatic carbocycles. The van der Waals surface area contributed by atoms with E-state index in [-0.39, 0.29) is 11.5 Å². The highest BCUT2D eigenvalue weighted by molar-refractivity contribution is 5.97. The van der Waals surface area contributed by atoms with Gasteiger partial charge >= 0.3 is 5.97 Å². The molecule has 96 valence electrons. The van der Waals surface area contributed by atoms with Crippen LogP contribution in [0.15, 0.2) is 18.5 Å². The number of aromatic carboxylic acids is 1. The Morgan fingerprint density at radius 1 is 1.56 bits per heavy atom. The highest BCUT2D eigenvalue weighted by Crippen LogP contribution is 2.28. The SMILES string of the molecule is CC1(C)C(=O)NCCN1c1ccncc1C(=O)O. The Morgan fingerprint density at radius 2 is 2.28 bits per heavy atom. The number of hydrogen-bond donors (Lipinski definition) is 2. The van der Waals surface area contributed by atoms with Gasteiger partial charge in [0.25, 0.3) is 0 Å². The molecular formula is C12H15N3O3. The first-order valence-electron chi connectivity index (χ1n) is 5.68. The number of pyridine rings is 1. The number of piperazine rings is 1. The van der Waals surface area contributed by atoms with E-state index >= 15 is 0 Å². The van der Waals surface area contributed by atoms with Gasteiger partial charge in [-0.25, -0.2) is 4.79 Å². The van der Waals surface area contributed by atoms with Gasteiger partial charge in [-0.05, 0) is 19.9 Å². The lowest BCUT2D eigenvalue weighted by atomic mass is 9.97. The van der Waals surface area contributed by atoms with Crippen molar-refractivity contribution in [1.82, 2.24) is 10.3 Å². The number of amides is 1. The molecule has 0 saturated carbocycles. The van der Waals surface area contributed by atoms with Crippen LogP contribution in [0.1, 0.15) is 24.2 Å². The molecule has 1 saturated heterocycles. The Bertz CT molecular complexity index is 499. The van der Waals surface area contributed by atoms with Crippen molar-refractivity contribution in [2.75, 3.05) is 18.0 Å². The van der Waals surface area contributed by atoms with Gasteiger partial charge in [-0.1, -0.05) is 0 Å². The number of anilines is 1. The molecule has 6 heteroatoms. The third-order valence-electron chi connectivity index (χ3n) is 3.17. The fourth-order valence-corrected chi connectivity index (χ4v) is 2.11. The normalized spacial score (nSPS) is 18.3. The van der Waals surface area contributed by atoms with Crippen molar-refractivity contribution in [3.05, 3.63) is 24.0 Å². The number of rotatable bonds is 2. The zero-order chi connectivity index (χ0) is 13.3. The average molecular weight is 249 g/mol. The molecule has 2 rings (SSSR count). The summed E-state index contributed by atoms with van der Waals surface area (Å²) in [5.41, 5.74) is -0.137. The van der Waals surface area contributed by atoms with Crippen LogP contribution < -0.4 is 10.2 Å². The first-order valence-corrected chi connectivity index (χ1v) is 5.68. The van der Waals surface area contributed by atoms with Gasteiger partial charge in [-0.15, -0.1) is 0 Å². The second-order valence-corrected chi connectivity index (χ2v) is 4.66. The number of nitrogens with zero attached hydrogens (tertiary/aromatic N) is 2. The summed E-state index contributed by atoms with van der Waals surface area (Å²) in [4.78, 5) is 28.7. The van der Waals surface area contributed by atoms with Crippen LogP contribution >= 0.6 is 0 Å². The lowest BCUT2D eigenvalue weighted by Crippen LogP contribution is -2.62. The molecule has 1 aromatic heterocycles. The Hall–Kier alpha value is -2.11. The largest absolute Gasteiger partial charge is 0.478 e. The van der Waals surface area contributed by atoms with E-state index < -0.39 is 11.5 Å². The Labute approximate surface area is 105 Å². The third-order valence-corrected chi connectivity index (χ3v) is 3.17. The number of carbonyl (C=O) groups excluding carboxylic acids is 1. The van der Waals surface area contributed by atoms with Crippen molar-refractivity contribution >= 4 is 17.6 Å². The van der Waals surface area contributed by atoms with E-state index in [2.05, 4.69) is 10.3 Å². The molecular weight excluding hydrogens is 234 g/mol. The van der Waals surface area contributed by atoms with Gasteiger partial charge in [0, 0.05) is 25.5 Å². The summed E-state index contributed by atoms with van der Waals surface area (Å²) >= 11 is 0. The van der Waals surface area contributed by atoms with Gasteiger partial charge in [0.05, 0.1) is 5.69 Å². The van der Waals surface area contributed by atoms with Gasteiger partial charge in [-0.3, -0.25) is 9.78 Å². The Morgan fingerprint density at radius 3 is 2.94 bits per heavy atom. The lowest BCUT2D eigenvalue weighted by molar-refractivity contribution is -0.126.